The highest BCUT2D eigenvalue weighted by atomic mass is 32.2. The van der Waals surface area contributed by atoms with E-state index in [1.165, 1.54) is 12.0 Å². The Hall–Kier alpha value is -4.04. The van der Waals surface area contributed by atoms with Gasteiger partial charge in [0, 0.05) is 5.69 Å². The molecule has 4 rings (SSSR count). The summed E-state index contributed by atoms with van der Waals surface area (Å²) in [7, 11) is 1.50. The first-order chi connectivity index (χ1) is 17.7. The molecule has 3 amide bonds. The van der Waals surface area contributed by atoms with Gasteiger partial charge in [0.25, 0.3) is 17.1 Å². The molecule has 0 spiro atoms. The Morgan fingerprint density at radius 3 is 2.49 bits per heavy atom. The molecule has 0 atom stereocenters. The summed E-state index contributed by atoms with van der Waals surface area (Å²) in [5, 5.41) is 2.55. The van der Waals surface area contributed by atoms with E-state index in [4.69, 9.17) is 9.47 Å². The molecule has 3 aromatic rings. The van der Waals surface area contributed by atoms with Crippen molar-refractivity contribution in [3.05, 3.63) is 93.4 Å². The highest BCUT2D eigenvalue weighted by Crippen LogP contribution is 2.35. The van der Waals surface area contributed by atoms with Gasteiger partial charge < -0.3 is 14.8 Å². The van der Waals surface area contributed by atoms with Crippen LogP contribution in [0.25, 0.3) is 6.08 Å². The van der Waals surface area contributed by atoms with Gasteiger partial charge in [0.15, 0.2) is 18.1 Å². The molecule has 0 unspecified atom stereocenters. The number of nitrogens with one attached hydrogen (secondary N) is 1. The lowest BCUT2D eigenvalue weighted by molar-refractivity contribution is -0.123. The number of amides is 3. The molecule has 7 nitrogen and oxygen atoms in total. The monoisotopic (exact) mass is 516 g/mol. The van der Waals surface area contributed by atoms with E-state index in [0.29, 0.717) is 22.0 Å². The van der Waals surface area contributed by atoms with Gasteiger partial charge in [0.05, 0.1) is 18.6 Å². The van der Waals surface area contributed by atoms with Crippen molar-refractivity contribution in [1.82, 2.24) is 4.90 Å². The molecule has 0 saturated carbocycles. The van der Waals surface area contributed by atoms with Crippen LogP contribution in [-0.4, -0.2) is 35.7 Å². The third-order valence-electron chi connectivity index (χ3n) is 6.06. The first-order valence-corrected chi connectivity index (χ1v) is 12.5. The Morgan fingerprint density at radius 1 is 1.00 bits per heavy atom. The summed E-state index contributed by atoms with van der Waals surface area (Å²) >= 11 is 0.907. The fourth-order valence-electron chi connectivity index (χ4n) is 3.77. The lowest BCUT2D eigenvalue weighted by Gasteiger charge is -2.13. The van der Waals surface area contributed by atoms with Crippen molar-refractivity contribution in [2.45, 2.75) is 27.3 Å². The van der Waals surface area contributed by atoms with E-state index in [9.17, 15) is 14.4 Å². The van der Waals surface area contributed by atoms with Gasteiger partial charge in [-0.25, -0.2) is 0 Å². The van der Waals surface area contributed by atoms with E-state index >= 15 is 0 Å². The van der Waals surface area contributed by atoms with E-state index in [-0.39, 0.29) is 30.2 Å². The molecule has 1 fully saturated rings. The fourth-order valence-corrected chi connectivity index (χ4v) is 4.61. The topological polar surface area (TPSA) is 84.9 Å². The summed E-state index contributed by atoms with van der Waals surface area (Å²) in [5.41, 5.74) is 5.50. The summed E-state index contributed by atoms with van der Waals surface area (Å²) in [5.74, 6) is 0.176. The predicted octanol–water partition coefficient (Wildman–Crippen LogP) is 5.87. The summed E-state index contributed by atoms with van der Waals surface area (Å²) in [6.45, 7) is 5.95. The van der Waals surface area contributed by atoms with Crippen molar-refractivity contribution in [3.63, 3.8) is 0 Å². The molecule has 0 aliphatic carbocycles. The van der Waals surface area contributed by atoms with Crippen LogP contribution in [0.4, 0.5) is 10.5 Å². The largest absolute Gasteiger partial charge is 0.493 e. The van der Waals surface area contributed by atoms with E-state index in [0.717, 1.165) is 39.7 Å². The second-order valence-electron chi connectivity index (χ2n) is 8.75. The van der Waals surface area contributed by atoms with Crippen molar-refractivity contribution in [1.29, 1.82) is 0 Å². The van der Waals surface area contributed by atoms with Crippen LogP contribution in [-0.2, 0) is 16.1 Å². The van der Waals surface area contributed by atoms with Crippen LogP contribution in [0.3, 0.4) is 0 Å². The molecule has 190 valence electrons. The lowest BCUT2D eigenvalue weighted by Crippen LogP contribution is -2.27. The minimum Gasteiger partial charge on any atom is -0.493 e. The van der Waals surface area contributed by atoms with Gasteiger partial charge in [0.1, 0.15) is 0 Å². The zero-order chi connectivity index (χ0) is 26.5. The van der Waals surface area contributed by atoms with Crippen molar-refractivity contribution in [2.24, 2.45) is 0 Å². The average Bonchev–Trinajstić information content (AvgIpc) is 3.14. The maximum atomic E-state index is 12.9. The number of anilines is 1. The molecular formula is C29H28N2O5S. The first-order valence-electron chi connectivity index (χ1n) is 11.7. The van der Waals surface area contributed by atoms with Crippen LogP contribution < -0.4 is 14.8 Å². The van der Waals surface area contributed by atoms with Crippen LogP contribution >= 0.6 is 11.8 Å². The molecule has 1 N–H and O–H groups in total. The molecule has 37 heavy (non-hydrogen) atoms. The first kappa shape index (κ1) is 26.0. The number of nitrogens with zero attached hydrogens (tertiary/aromatic N) is 1. The normalized spacial score (nSPS) is 14.3. The number of benzene rings is 3. The lowest BCUT2D eigenvalue weighted by atomic mass is 10.1. The number of imide groups is 1. The summed E-state index contributed by atoms with van der Waals surface area (Å²) < 4.78 is 11.1. The number of hydrogen-bond acceptors (Lipinski definition) is 6. The zero-order valence-corrected chi connectivity index (χ0v) is 22.0. The Labute approximate surface area is 220 Å². The van der Waals surface area contributed by atoms with Crippen LogP contribution in [0.5, 0.6) is 11.5 Å². The average molecular weight is 517 g/mol. The van der Waals surface area contributed by atoms with Crippen molar-refractivity contribution in [3.8, 4) is 11.5 Å². The number of carbonyl (C=O) groups excluding carboxylic acids is 3. The molecule has 3 aromatic carbocycles. The Balaban J connectivity index is 1.42. The molecule has 0 aromatic heterocycles. The molecule has 1 heterocycles. The SMILES string of the molecule is COc1cc(/C=C2\SC(=O)N(Cc3ccc(C)cc3)C2=O)ccc1OCC(=O)Nc1cccc(C)c1C. The second-order valence-corrected chi connectivity index (χ2v) is 9.74. The quantitative estimate of drug-likeness (QED) is 0.377. The smallest absolute Gasteiger partial charge is 0.293 e. The summed E-state index contributed by atoms with van der Waals surface area (Å²) in [6.07, 6.45) is 1.65. The number of carbonyl (C=O) groups is 3. The minimum absolute atomic E-state index is 0.193. The van der Waals surface area contributed by atoms with Crippen LogP contribution in [0.1, 0.15) is 27.8 Å². The van der Waals surface area contributed by atoms with Crippen molar-refractivity contribution in [2.75, 3.05) is 19.0 Å². The zero-order valence-electron chi connectivity index (χ0n) is 21.2. The number of aryl methyl sites for hydroxylation is 2. The maximum Gasteiger partial charge on any atom is 0.293 e. The molecule has 8 heteroatoms. The molecule has 1 saturated heterocycles. The maximum absolute atomic E-state index is 12.9. The third-order valence-corrected chi connectivity index (χ3v) is 6.97. The van der Waals surface area contributed by atoms with Gasteiger partial charge in [-0.1, -0.05) is 48.0 Å². The minimum atomic E-state index is -0.335. The van der Waals surface area contributed by atoms with E-state index in [1.54, 1.807) is 24.3 Å². The number of methoxy groups -OCH3 is 1. The van der Waals surface area contributed by atoms with Crippen molar-refractivity contribution >= 4 is 40.6 Å². The van der Waals surface area contributed by atoms with E-state index < -0.39 is 0 Å². The molecule has 1 aliphatic heterocycles. The summed E-state index contributed by atoms with van der Waals surface area (Å²) in [4.78, 5) is 39.4. The van der Waals surface area contributed by atoms with E-state index in [1.807, 2.05) is 63.2 Å². The highest BCUT2D eigenvalue weighted by Gasteiger charge is 2.35. The van der Waals surface area contributed by atoms with Gasteiger partial charge in [-0.15, -0.1) is 0 Å². The van der Waals surface area contributed by atoms with Gasteiger partial charge in [0.2, 0.25) is 0 Å². The van der Waals surface area contributed by atoms with Crippen LogP contribution in [0, 0.1) is 20.8 Å². The molecule has 0 bridgehead atoms. The van der Waals surface area contributed by atoms with Crippen molar-refractivity contribution < 1.29 is 23.9 Å². The molecular weight excluding hydrogens is 488 g/mol. The molecule has 1 aliphatic rings. The fraction of sp³-hybridized carbons (Fsp3) is 0.207. The number of ether oxygens (including phenoxy) is 2. The highest BCUT2D eigenvalue weighted by molar-refractivity contribution is 8.18. The molecule has 0 radical (unpaired) electrons. The van der Waals surface area contributed by atoms with Gasteiger partial charge in [-0.3, -0.25) is 19.3 Å². The van der Waals surface area contributed by atoms with Gasteiger partial charge in [-0.05, 0) is 79.1 Å². The van der Waals surface area contributed by atoms with E-state index in [2.05, 4.69) is 5.32 Å². The summed E-state index contributed by atoms with van der Waals surface area (Å²) in [6, 6.07) is 18.6. The van der Waals surface area contributed by atoms with Gasteiger partial charge >= 0.3 is 0 Å². The Bertz CT molecular complexity index is 1380. The Morgan fingerprint density at radius 2 is 1.76 bits per heavy atom. The van der Waals surface area contributed by atoms with Crippen LogP contribution in [0.15, 0.2) is 65.6 Å². The Kier molecular flexibility index (Phi) is 7.98. The number of hydrogen-bond donors (Lipinski definition) is 1. The van der Waals surface area contributed by atoms with Gasteiger partial charge in [-0.2, -0.15) is 0 Å². The number of rotatable bonds is 8. The predicted molar refractivity (Wildman–Crippen MR) is 146 cm³/mol. The standard InChI is InChI=1S/C29H28N2O5S/c1-18-8-10-21(11-9-18)16-31-28(33)26(37-29(31)34)15-22-12-13-24(25(14-22)35-4)36-17-27(32)30-23-7-5-6-19(2)20(23)3/h5-15H,16-17H2,1-4H3,(H,30,32)/b26-15-. The van der Waals surface area contributed by atoms with Crippen LogP contribution in [0.2, 0.25) is 0 Å². The number of thioether (sulfide) groups is 1. The second kappa shape index (κ2) is 11.3. The third kappa shape index (κ3) is 6.21.